The summed E-state index contributed by atoms with van der Waals surface area (Å²) in [6.07, 6.45) is 8.22. The van der Waals surface area contributed by atoms with Crippen molar-refractivity contribution in [2.24, 2.45) is 11.8 Å². The summed E-state index contributed by atoms with van der Waals surface area (Å²) in [5.41, 5.74) is 4.14. The molecular formula is C20H24N4O. The van der Waals surface area contributed by atoms with Crippen molar-refractivity contribution in [1.29, 1.82) is 0 Å². The van der Waals surface area contributed by atoms with Gasteiger partial charge in [0.1, 0.15) is 0 Å². The molecule has 25 heavy (non-hydrogen) atoms. The number of hydrogen-bond acceptors (Lipinski definition) is 2. The molecule has 3 aliphatic rings. The van der Waals surface area contributed by atoms with Gasteiger partial charge in [-0.3, -0.25) is 5.10 Å². The molecule has 1 aromatic heterocycles. The number of H-pyrrole nitrogens is 1. The minimum absolute atomic E-state index is 0.0872. The number of amides is 2. The van der Waals surface area contributed by atoms with Gasteiger partial charge in [-0.25, -0.2) is 4.79 Å². The fraction of sp³-hybridized carbons (Fsp3) is 0.500. The van der Waals surface area contributed by atoms with Gasteiger partial charge < -0.3 is 10.2 Å². The molecular weight excluding hydrogens is 312 g/mol. The predicted molar refractivity (Wildman–Crippen MR) is 95.2 cm³/mol. The molecule has 2 amide bonds. The number of nitrogens with zero attached hydrogens (tertiary/aromatic N) is 2. The fourth-order valence-electron chi connectivity index (χ4n) is 5.03. The van der Waals surface area contributed by atoms with Gasteiger partial charge >= 0.3 is 6.03 Å². The van der Waals surface area contributed by atoms with Crippen LogP contribution in [0.25, 0.3) is 0 Å². The molecule has 5 rings (SSSR count). The summed E-state index contributed by atoms with van der Waals surface area (Å²) in [7, 11) is 0. The number of piperidine rings is 1. The number of carbonyl (C=O) groups excluding carboxylic acids is 1. The van der Waals surface area contributed by atoms with E-state index in [1.54, 1.807) is 0 Å². The highest BCUT2D eigenvalue weighted by Gasteiger charge is 2.55. The molecule has 2 aromatic rings. The summed E-state index contributed by atoms with van der Waals surface area (Å²) < 4.78 is 0. The van der Waals surface area contributed by atoms with Crippen LogP contribution in [0.4, 0.5) is 4.79 Å². The number of nitrogens with one attached hydrogen (secondary N) is 2. The van der Waals surface area contributed by atoms with E-state index in [1.165, 1.54) is 24.0 Å². The molecule has 2 fully saturated rings. The SMILES string of the molecule is O=C(NC[C@@H]1[C@@H]2Cc3ccccc3[C@H]12)N1CCCC[C@@H]1c1cn[nH]c1. The maximum Gasteiger partial charge on any atom is 0.317 e. The molecule has 1 aliphatic heterocycles. The average Bonchev–Trinajstić information content (AvgIpc) is 3.04. The van der Waals surface area contributed by atoms with Crippen molar-refractivity contribution in [2.45, 2.75) is 37.6 Å². The van der Waals surface area contributed by atoms with Crippen molar-refractivity contribution >= 4 is 6.03 Å². The molecule has 5 heteroatoms. The third kappa shape index (κ3) is 2.53. The van der Waals surface area contributed by atoms with Crippen LogP contribution >= 0.6 is 0 Å². The molecule has 1 saturated heterocycles. The van der Waals surface area contributed by atoms with Crippen LogP contribution in [0, 0.1) is 11.8 Å². The number of aromatic amines is 1. The molecule has 130 valence electrons. The van der Waals surface area contributed by atoms with E-state index < -0.39 is 0 Å². The normalized spacial score (nSPS) is 29.8. The molecule has 0 radical (unpaired) electrons. The van der Waals surface area contributed by atoms with Crippen LogP contribution in [0.2, 0.25) is 0 Å². The van der Waals surface area contributed by atoms with Gasteiger partial charge in [-0.05, 0) is 54.6 Å². The van der Waals surface area contributed by atoms with E-state index in [9.17, 15) is 4.79 Å². The van der Waals surface area contributed by atoms with E-state index in [-0.39, 0.29) is 12.1 Å². The quantitative estimate of drug-likeness (QED) is 0.904. The summed E-state index contributed by atoms with van der Waals surface area (Å²) in [4.78, 5) is 14.8. The maximum atomic E-state index is 12.8. The summed E-state index contributed by atoms with van der Waals surface area (Å²) in [5, 5.41) is 10.1. The highest BCUT2D eigenvalue weighted by Crippen LogP contribution is 2.60. The Balaban J connectivity index is 1.22. The fourth-order valence-corrected chi connectivity index (χ4v) is 5.03. The van der Waals surface area contributed by atoms with Gasteiger partial charge in [0.15, 0.2) is 0 Å². The van der Waals surface area contributed by atoms with Gasteiger partial charge in [-0.15, -0.1) is 0 Å². The van der Waals surface area contributed by atoms with Crippen LogP contribution in [0.1, 0.15) is 47.9 Å². The van der Waals surface area contributed by atoms with Gasteiger partial charge in [0.25, 0.3) is 0 Å². The van der Waals surface area contributed by atoms with Crippen LogP contribution in [-0.2, 0) is 6.42 Å². The zero-order valence-corrected chi connectivity index (χ0v) is 14.3. The van der Waals surface area contributed by atoms with Crippen LogP contribution in [0.5, 0.6) is 0 Å². The minimum Gasteiger partial charge on any atom is -0.338 e. The van der Waals surface area contributed by atoms with Crippen molar-refractivity contribution in [2.75, 3.05) is 13.1 Å². The number of rotatable bonds is 3. The maximum absolute atomic E-state index is 12.8. The molecule has 0 bridgehead atoms. The van der Waals surface area contributed by atoms with E-state index in [0.717, 1.165) is 37.4 Å². The lowest BCUT2D eigenvalue weighted by Crippen LogP contribution is -2.45. The highest BCUT2D eigenvalue weighted by atomic mass is 16.2. The van der Waals surface area contributed by atoms with E-state index in [2.05, 4.69) is 39.8 Å². The largest absolute Gasteiger partial charge is 0.338 e. The predicted octanol–water partition coefficient (Wildman–Crippen LogP) is 3.23. The number of aromatic nitrogens is 2. The Hall–Kier alpha value is -2.30. The third-order valence-corrected chi connectivity index (χ3v) is 6.36. The second kappa shape index (κ2) is 5.90. The van der Waals surface area contributed by atoms with Crippen molar-refractivity contribution < 1.29 is 4.79 Å². The first-order valence-corrected chi connectivity index (χ1v) is 9.44. The number of fused-ring (bicyclic) bond motifs is 3. The van der Waals surface area contributed by atoms with Crippen molar-refractivity contribution in [3.63, 3.8) is 0 Å². The molecule has 2 heterocycles. The number of likely N-dealkylation sites (tertiary alicyclic amines) is 1. The topological polar surface area (TPSA) is 61.0 Å². The van der Waals surface area contributed by atoms with Gasteiger partial charge in [0, 0.05) is 24.8 Å². The molecule has 2 N–H and O–H groups in total. The molecule has 0 spiro atoms. The summed E-state index contributed by atoms with van der Waals surface area (Å²) in [6.45, 7) is 1.64. The van der Waals surface area contributed by atoms with Crippen LogP contribution in [-0.4, -0.2) is 34.2 Å². The number of benzene rings is 1. The molecule has 4 atom stereocenters. The average molecular weight is 336 g/mol. The summed E-state index contributed by atoms with van der Waals surface area (Å²) in [5.74, 6) is 2.03. The van der Waals surface area contributed by atoms with Crippen LogP contribution in [0.3, 0.4) is 0 Å². The smallest absolute Gasteiger partial charge is 0.317 e. The first-order valence-electron chi connectivity index (χ1n) is 9.44. The van der Waals surface area contributed by atoms with E-state index in [4.69, 9.17) is 0 Å². The van der Waals surface area contributed by atoms with Gasteiger partial charge in [0.05, 0.1) is 12.2 Å². The van der Waals surface area contributed by atoms with Gasteiger partial charge in [-0.2, -0.15) is 5.10 Å². The molecule has 1 aromatic carbocycles. The highest BCUT2D eigenvalue weighted by molar-refractivity contribution is 5.75. The van der Waals surface area contributed by atoms with Gasteiger partial charge in [0.2, 0.25) is 0 Å². The Morgan fingerprint density at radius 1 is 1.32 bits per heavy atom. The summed E-state index contributed by atoms with van der Waals surface area (Å²) >= 11 is 0. The van der Waals surface area contributed by atoms with Crippen molar-refractivity contribution in [1.82, 2.24) is 20.4 Å². The van der Waals surface area contributed by atoms with Crippen molar-refractivity contribution in [3.05, 3.63) is 53.3 Å². The Bertz CT molecular complexity index is 772. The first kappa shape index (κ1) is 15.0. The van der Waals surface area contributed by atoms with Crippen LogP contribution in [0.15, 0.2) is 36.7 Å². The summed E-state index contributed by atoms with van der Waals surface area (Å²) in [6, 6.07) is 9.03. The number of carbonyl (C=O) groups is 1. The molecule has 5 nitrogen and oxygen atoms in total. The monoisotopic (exact) mass is 336 g/mol. The Morgan fingerprint density at radius 3 is 3.12 bits per heavy atom. The van der Waals surface area contributed by atoms with E-state index in [0.29, 0.717) is 11.8 Å². The Labute approximate surface area is 147 Å². The zero-order valence-electron chi connectivity index (χ0n) is 14.3. The van der Waals surface area contributed by atoms with Crippen molar-refractivity contribution in [3.8, 4) is 0 Å². The Morgan fingerprint density at radius 2 is 2.24 bits per heavy atom. The molecule has 1 saturated carbocycles. The minimum atomic E-state index is 0.0872. The molecule has 0 unspecified atom stereocenters. The van der Waals surface area contributed by atoms with E-state index in [1.807, 2.05) is 17.3 Å². The third-order valence-electron chi connectivity index (χ3n) is 6.36. The number of urea groups is 1. The lowest BCUT2D eigenvalue weighted by Gasteiger charge is -2.35. The van der Waals surface area contributed by atoms with Gasteiger partial charge in [-0.1, -0.05) is 24.3 Å². The second-order valence-corrected chi connectivity index (χ2v) is 7.68. The lowest BCUT2D eigenvalue weighted by molar-refractivity contribution is 0.151. The lowest BCUT2D eigenvalue weighted by atomic mass is 9.98. The standard InChI is InChI=1S/C20H24N4O/c25-20(24-8-4-3-7-18(24)14-10-22-23-11-14)21-12-17-16-9-13-5-1-2-6-15(13)19(16)17/h1-2,5-6,10-11,16-19H,3-4,7-9,12H2,(H,21,25)(H,22,23)/t16-,17+,18+,19-/m0/s1. The zero-order chi connectivity index (χ0) is 16.8. The number of hydrogen-bond donors (Lipinski definition) is 2. The Kier molecular flexibility index (Phi) is 3.54. The first-order chi connectivity index (χ1) is 12.3. The van der Waals surface area contributed by atoms with Crippen LogP contribution < -0.4 is 5.32 Å². The van der Waals surface area contributed by atoms with E-state index >= 15 is 0 Å². The molecule has 2 aliphatic carbocycles. The second-order valence-electron chi connectivity index (χ2n) is 7.68.